The Morgan fingerprint density at radius 2 is 1.76 bits per heavy atom. The van der Waals surface area contributed by atoms with E-state index in [1.54, 1.807) is 38.1 Å². The van der Waals surface area contributed by atoms with Crippen LogP contribution in [0.2, 0.25) is 0 Å². The van der Waals surface area contributed by atoms with Crippen LogP contribution in [0.1, 0.15) is 36.4 Å². The van der Waals surface area contributed by atoms with E-state index in [0.29, 0.717) is 33.9 Å². The topological polar surface area (TPSA) is 7.94 Å². The number of allylic oxidation sites excluding steroid dienone is 2. The molecule has 2 nitrogen and oxygen atoms in total. The molecule has 4 rings (SSSR count). The second-order valence-corrected chi connectivity index (χ2v) is 6.85. The summed E-state index contributed by atoms with van der Waals surface area (Å²) in [4.78, 5) is 0. The molecular weight excluding hydrogens is 324 g/mol. The van der Waals surface area contributed by atoms with Gasteiger partial charge in [-0.25, -0.2) is 4.39 Å². The largest absolute Gasteiger partial charge is 0.737 e. The van der Waals surface area contributed by atoms with E-state index < -0.39 is 6.97 Å². The van der Waals surface area contributed by atoms with Crippen LogP contribution in [-0.2, 0) is 0 Å². The van der Waals surface area contributed by atoms with Gasteiger partial charge in [0.05, 0.1) is 5.57 Å². The maximum absolute atomic E-state index is 15.4. The van der Waals surface area contributed by atoms with E-state index in [1.807, 2.05) is 13.8 Å². The first-order chi connectivity index (χ1) is 11.7. The number of hydrogen-bond acceptors (Lipinski definition) is 0. The zero-order chi connectivity index (χ0) is 18.1. The minimum Gasteiger partial charge on any atom is -0.393 e. The molecule has 0 saturated carbocycles. The summed E-state index contributed by atoms with van der Waals surface area (Å²) >= 11 is 0. The highest BCUT2D eigenvalue weighted by Gasteiger charge is 2.55. The molecule has 1 aromatic carbocycles. The van der Waals surface area contributed by atoms with Gasteiger partial charge in [-0.05, 0) is 55.8 Å². The standard InChI is InChI=1S/C19H18BF3N2/c1-11-8-13(3)24-18(11)17(15-6-5-7-16(21)10-15)19-12(2)9-14(4)25(19)20(24,22)23/h5-10H,1-4H3. The highest BCUT2D eigenvalue weighted by molar-refractivity contribution is 6.58. The average Bonchev–Trinajstić information content (AvgIpc) is 2.97. The Kier molecular flexibility index (Phi) is 3.20. The van der Waals surface area contributed by atoms with Gasteiger partial charge in [0.15, 0.2) is 5.70 Å². The van der Waals surface area contributed by atoms with Crippen LogP contribution in [0.5, 0.6) is 0 Å². The van der Waals surface area contributed by atoms with Crippen molar-refractivity contribution in [3.05, 3.63) is 76.0 Å². The van der Waals surface area contributed by atoms with E-state index in [-0.39, 0.29) is 5.82 Å². The Bertz CT molecular complexity index is 1030. The van der Waals surface area contributed by atoms with E-state index in [0.717, 1.165) is 20.1 Å². The SMILES string of the molecule is CC1=CC(C)=[N+]2C1=C(c1cccc(F)c1)c1c(C)cc(C)n1[B-]2(F)F. The molecule has 2 aromatic rings. The second kappa shape index (κ2) is 5.00. The minimum absolute atomic E-state index is 0.382. The molecule has 0 unspecified atom stereocenters. The van der Waals surface area contributed by atoms with Gasteiger partial charge in [0.25, 0.3) is 0 Å². The summed E-state index contributed by atoms with van der Waals surface area (Å²) in [6.07, 6.45) is 1.77. The summed E-state index contributed by atoms with van der Waals surface area (Å²) in [5, 5.41) is 0. The van der Waals surface area contributed by atoms with Crippen molar-refractivity contribution in [2.24, 2.45) is 0 Å². The number of nitrogens with zero attached hydrogens (tertiary/aromatic N) is 2. The normalized spacial score (nSPS) is 18.4. The first-order valence-electron chi connectivity index (χ1n) is 8.26. The molecule has 1 aromatic heterocycles. The Balaban J connectivity index is 2.19. The van der Waals surface area contributed by atoms with Gasteiger partial charge in [0.2, 0.25) is 0 Å². The van der Waals surface area contributed by atoms with Gasteiger partial charge in [-0.3, -0.25) is 0 Å². The quantitative estimate of drug-likeness (QED) is 0.666. The third-order valence-corrected chi connectivity index (χ3v) is 5.05. The van der Waals surface area contributed by atoms with Crippen molar-refractivity contribution in [2.45, 2.75) is 27.7 Å². The Morgan fingerprint density at radius 3 is 2.44 bits per heavy atom. The van der Waals surface area contributed by atoms with E-state index in [2.05, 4.69) is 0 Å². The van der Waals surface area contributed by atoms with Crippen LogP contribution in [0.4, 0.5) is 13.0 Å². The number of halogens is 3. The van der Waals surface area contributed by atoms with Crippen LogP contribution in [0.25, 0.3) is 5.57 Å². The van der Waals surface area contributed by atoms with Crippen LogP contribution >= 0.6 is 0 Å². The maximum Gasteiger partial charge on any atom is 0.737 e. The van der Waals surface area contributed by atoms with Crippen LogP contribution in [0.3, 0.4) is 0 Å². The van der Waals surface area contributed by atoms with Crippen molar-refractivity contribution in [1.29, 1.82) is 0 Å². The van der Waals surface area contributed by atoms with E-state index in [9.17, 15) is 4.39 Å². The van der Waals surface area contributed by atoms with Crippen molar-refractivity contribution in [2.75, 3.05) is 0 Å². The highest BCUT2D eigenvalue weighted by atomic mass is 19.2. The van der Waals surface area contributed by atoms with Crippen LogP contribution in [0, 0.1) is 19.7 Å². The lowest BCUT2D eigenvalue weighted by Gasteiger charge is -2.34. The molecule has 2 aliphatic heterocycles. The van der Waals surface area contributed by atoms with Crippen LogP contribution in [0.15, 0.2) is 47.7 Å². The number of hydrogen-bond donors (Lipinski definition) is 0. The first-order valence-corrected chi connectivity index (χ1v) is 8.26. The van der Waals surface area contributed by atoms with Gasteiger partial charge in [-0.2, -0.15) is 0 Å². The van der Waals surface area contributed by atoms with Crippen molar-refractivity contribution in [3.8, 4) is 0 Å². The molecule has 0 aliphatic carbocycles. The van der Waals surface area contributed by atoms with Crippen LogP contribution in [-0.4, -0.2) is 21.6 Å². The molecule has 0 N–H and O–H groups in total. The van der Waals surface area contributed by atoms with Gasteiger partial charge < -0.3 is 17.6 Å². The van der Waals surface area contributed by atoms with Gasteiger partial charge >= 0.3 is 6.97 Å². The van der Waals surface area contributed by atoms with Crippen molar-refractivity contribution in [3.63, 3.8) is 0 Å². The lowest BCUT2D eigenvalue weighted by atomic mass is 9.84. The van der Waals surface area contributed by atoms with E-state index >= 15 is 8.63 Å². The number of aryl methyl sites for hydroxylation is 2. The molecular formula is C19H18BF3N2. The Labute approximate surface area is 144 Å². The molecule has 128 valence electrons. The summed E-state index contributed by atoms with van der Waals surface area (Å²) in [7, 11) is 0. The smallest absolute Gasteiger partial charge is 0.393 e. The molecule has 0 atom stereocenters. The molecule has 2 aliphatic rings. The minimum atomic E-state index is -3.99. The molecule has 0 fully saturated rings. The summed E-state index contributed by atoms with van der Waals surface area (Å²) in [5.74, 6) is -0.382. The Hall–Kier alpha value is -2.50. The molecule has 0 spiro atoms. The monoisotopic (exact) mass is 342 g/mol. The fourth-order valence-corrected chi connectivity index (χ4v) is 4.22. The lowest BCUT2D eigenvalue weighted by molar-refractivity contribution is -0.363. The summed E-state index contributed by atoms with van der Waals surface area (Å²) in [6, 6.07) is 7.92. The fraction of sp³-hybridized carbons (Fsp3) is 0.211. The van der Waals surface area contributed by atoms with E-state index in [4.69, 9.17) is 0 Å². The number of rotatable bonds is 1. The fourth-order valence-electron chi connectivity index (χ4n) is 4.22. The third-order valence-electron chi connectivity index (χ3n) is 5.05. The van der Waals surface area contributed by atoms with Crippen molar-refractivity contribution in [1.82, 2.24) is 4.48 Å². The highest BCUT2D eigenvalue weighted by Crippen LogP contribution is 2.44. The molecule has 6 heteroatoms. The van der Waals surface area contributed by atoms with Gasteiger partial charge in [0, 0.05) is 24.3 Å². The van der Waals surface area contributed by atoms with Crippen LogP contribution < -0.4 is 0 Å². The second-order valence-electron chi connectivity index (χ2n) is 6.85. The number of aromatic nitrogens is 1. The van der Waals surface area contributed by atoms with Crippen molar-refractivity contribution < 1.29 is 17.5 Å². The Morgan fingerprint density at radius 1 is 1.04 bits per heavy atom. The zero-order valence-electron chi connectivity index (χ0n) is 14.6. The first kappa shape index (κ1) is 16.0. The van der Waals surface area contributed by atoms with Gasteiger partial charge in [0.1, 0.15) is 11.5 Å². The summed E-state index contributed by atoms with van der Waals surface area (Å²) < 4.78 is 46.9. The number of benzene rings is 1. The molecule has 25 heavy (non-hydrogen) atoms. The van der Waals surface area contributed by atoms with E-state index in [1.165, 1.54) is 12.1 Å². The predicted molar refractivity (Wildman–Crippen MR) is 94.4 cm³/mol. The maximum atomic E-state index is 15.4. The van der Waals surface area contributed by atoms with Crippen molar-refractivity contribution >= 4 is 18.3 Å². The molecule has 0 amide bonds. The molecule has 3 heterocycles. The predicted octanol–water partition coefficient (Wildman–Crippen LogP) is 4.67. The molecule has 0 saturated heterocycles. The van der Waals surface area contributed by atoms with Gasteiger partial charge in [-0.1, -0.05) is 12.1 Å². The molecule has 0 bridgehead atoms. The van der Waals surface area contributed by atoms with Gasteiger partial charge in [-0.15, -0.1) is 0 Å². The lowest BCUT2D eigenvalue weighted by Crippen LogP contribution is -2.51. The summed E-state index contributed by atoms with van der Waals surface area (Å²) in [6.45, 7) is 3.03. The average molecular weight is 342 g/mol. The zero-order valence-corrected chi connectivity index (χ0v) is 14.6. The number of fused-ring (bicyclic) bond motifs is 2. The molecule has 0 radical (unpaired) electrons. The third kappa shape index (κ3) is 2.03. The summed E-state index contributed by atoms with van der Waals surface area (Å²) in [5.41, 5.74) is 4.75.